The fraction of sp³-hybridized carbons (Fsp3) is 0.400. The van der Waals surface area contributed by atoms with Gasteiger partial charge in [-0.1, -0.05) is 6.92 Å². The molecule has 0 saturated heterocycles. The van der Waals surface area contributed by atoms with Gasteiger partial charge < -0.3 is 0 Å². The topological polar surface area (TPSA) is 78.2 Å². The smallest absolute Gasteiger partial charge is 0.222 e. The van der Waals surface area contributed by atoms with Crippen LogP contribution in [0.4, 0.5) is 0 Å². The highest BCUT2D eigenvalue weighted by molar-refractivity contribution is 7.41. The third-order valence-electron chi connectivity index (χ3n) is 0.469. The molecule has 0 saturated carbocycles. The lowest BCUT2D eigenvalue weighted by atomic mass is 10.5. The molecule has 4 nitrogen and oxygen atoms in total. The number of isocyanates is 1. The molecule has 10 heavy (non-hydrogen) atoms. The van der Waals surface area contributed by atoms with Gasteiger partial charge in [-0.2, -0.15) is 4.89 Å². The van der Waals surface area contributed by atoms with E-state index in [0.29, 0.717) is 0 Å². The second kappa shape index (κ2) is 11.0. The minimum absolute atomic E-state index is 0.750. The molecule has 0 aliphatic carbocycles. The first-order valence-corrected chi connectivity index (χ1v) is 3.83. The summed E-state index contributed by atoms with van der Waals surface area (Å²) in [5, 5.41) is 5.40. The summed E-state index contributed by atoms with van der Waals surface area (Å²) in [6.07, 6.45) is 3.24. The predicted molar refractivity (Wildman–Crippen MR) is 37.7 cm³/mol. The van der Waals surface area contributed by atoms with Crippen molar-refractivity contribution < 1.29 is 14.3 Å². The van der Waals surface area contributed by atoms with Crippen LogP contribution >= 0.6 is 8.03 Å². The van der Waals surface area contributed by atoms with E-state index in [4.69, 9.17) is 15.1 Å². The number of rotatable bonds is 2. The van der Waals surface area contributed by atoms with Gasteiger partial charge >= 0.3 is 8.03 Å². The van der Waals surface area contributed by atoms with Crippen LogP contribution in [0, 0.1) is 5.41 Å². The molecule has 0 aromatic carbocycles. The van der Waals surface area contributed by atoms with Gasteiger partial charge in [0.05, 0.1) is 0 Å². The maximum atomic E-state index is 9.82. The highest BCUT2D eigenvalue weighted by Gasteiger charge is 1.97. The van der Waals surface area contributed by atoms with E-state index in [2.05, 4.69) is 0 Å². The molecular formula is C5H9NO3P+. The first-order chi connectivity index (χ1) is 4.68. The fourth-order valence-electron chi connectivity index (χ4n) is 0.196. The molecule has 0 aromatic rings. The molecule has 0 aliphatic heterocycles. The maximum Gasteiger partial charge on any atom is 0.537 e. The zero-order valence-electron chi connectivity index (χ0n) is 5.57. The number of hydrogen-bond acceptors (Lipinski definition) is 3. The van der Waals surface area contributed by atoms with Gasteiger partial charge in [-0.3, -0.25) is 0 Å². The van der Waals surface area contributed by atoms with Gasteiger partial charge in [-0.25, -0.2) is 10.2 Å². The molecule has 1 unspecified atom stereocenters. The molecule has 0 rings (SSSR count). The van der Waals surface area contributed by atoms with Crippen molar-refractivity contribution in [2.24, 2.45) is 0 Å². The Bertz CT molecular complexity index is 149. The number of nitrogens with one attached hydrogen (secondary N) is 1. The third kappa shape index (κ3) is 27.1. The molecule has 0 radical (unpaired) electrons. The van der Waals surface area contributed by atoms with Gasteiger partial charge in [0, 0.05) is 0 Å². The summed E-state index contributed by atoms with van der Waals surface area (Å²) >= 11 is 0. The Labute approximate surface area is 59.9 Å². The van der Waals surface area contributed by atoms with Crippen LogP contribution in [0.2, 0.25) is 0 Å². The Hall–Kier alpha value is -0.820. The van der Waals surface area contributed by atoms with E-state index in [1.54, 1.807) is 6.08 Å². The largest absolute Gasteiger partial charge is 0.537 e. The van der Waals surface area contributed by atoms with Gasteiger partial charge in [-0.15, -0.1) is 0 Å². The van der Waals surface area contributed by atoms with Crippen LogP contribution in [0.5, 0.6) is 0 Å². The zero-order valence-corrected chi connectivity index (χ0v) is 6.47. The van der Waals surface area contributed by atoms with Crippen molar-refractivity contribution in [2.75, 3.05) is 0 Å². The van der Waals surface area contributed by atoms with Crippen LogP contribution in [0.25, 0.3) is 0 Å². The van der Waals surface area contributed by atoms with Crippen molar-refractivity contribution >= 4 is 14.1 Å². The minimum atomic E-state index is -2.04. The van der Waals surface area contributed by atoms with E-state index >= 15 is 0 Å². The fourth-order valence-corrected chi connectivity index (χ4v) is 0.587. The van der Waals surface area contributed by atoms with Crippen molar-refractivity contribution in [3.8, 4) is 0 Å². The van der Waals surface area contributed by atoms with Crippen molar-refractivity contribution in [3.63, 3.8) is 0 Å². The molecule has 0 aliphatic rings. The van der Waals surface area contributed by atoms with Crippen molar-refractivity contribution in [1.82, 2.24) is 0 Å². The van der Waals surface area contributed by atoms with E-state index < -0.39 is 8.03 Å². The summed E-state index contributed by atoms with van der Waals surface area (Å²) < 4.78 is 9.82. The summed E-state index contributed by atoms with van der Waals surface area (Å²) in [6, 6.07) is 0. The van der Waals surface area contributed by atoms with E-state index in [-0.39, 0.29) is 0 Å². The number of carbonyl (C=O) groups excluding carboxylic acids is 1. The minimum Gasteiger partial charge on any atom is -0.222 e. The van der Waals surface area contributed by atoms with E-state index in [9.17, 15) is 4.57 Å². The Kier molecular flexibility index (Phi) is 13.2. The van der Waals surface area contributed by atoms with Crippen LogP contribution < -0.4 is 0 Å². The number of hydrogen-bond donors (Lipinski definition) is 2. The highest BCUT2D eigenvalue weighted by Crippen LogP contribution is 2.13. The summed E-state index contributed by atoms with van der Waals surface area (Å²) in [5.74, 6) is 1.29. The van der Waals surface area contributed by atoms with Crippen LogP contribution in [0.3, 0.4) is 0 Å². The second-order valence-electron chi connectivity index (χ2n) is 1.20. The Morgan fingerprint density at radius 2 is 2.20 bits per heavy atom. The van der Waals surface area contributed by atoms with E-state index in [1.165, 1.54) is 5.82 Å². The normalized spacial score (nSPS) is 9.60. The Balaban J connectivity index is 0. The number of allylic oxidation sites excluding steroid dienone is 1. The molecule has 0 aromatic heterocycles. The van der Waals surface area contributed by atoms with Crippen LogP contribution in [-0.4, -0.2) is 11.0 Å². The van der Waals surface area contributed by atoms with Crippen molar-refractivity contribution in [2.45, 2.75) is 13.3 Å². The molecular weight excluding hydrogens is 153 g/mol. The highest BCUT2D eigenvalue weighted by atomic mass is 31.1. The summed E-state index contributed by atoms with van der Waals surface area (Å²) in [4.78, 5) is 16.5. The summed E-state index contributed by atoms with van der Waals surface area (Å²) in [5.41, 5.74) is 0. The monoisotopic (exact) mass is 162 g/mol. The van der Waals surface area contributed by atoms with Crippen LogP contribution in [0.15, 0.2) is 11.9 Å². The SMILES string of the molecule is CCC=C[P+](=O)O.N=C=O. The third-order valence-corrected chi connectivity index (χ3v) is 0.935. The summed E-state index contributed by atoms with van der Waals surface area (Å²) in [7, 11) is -2.04. The predicted octanol–water partition coefficient (Wildman–Crippen LogP) is 1.55. The average molecular weight is 162 g/mol. The molecule has 5 heteroatoms. The van der Waals surface area contributed by atoms with Crippen molar-refractivity contribution in [1.29, 1.82) is 5.41 Å². The lowest BCUT2D eigenvalue weighted by molar-refractivity contribution is 0.512. The van der Waals surface area contributed by atoms with Gasteiger partial charge in [0.1, 0.15) is 0 Å². The second-order valence-corrected chi connectivity index (χ2v) is 2.10. The van der Waals surface area contributed by atoms with Gasteiger partial charge in [0.2, 0.25) is 6.08 Å². The Morgan fingerprint density at radius 3 is 2.30 bits per heavy atom. The van der Waals surface area contributed by atoms with Crippen molar-refractivity contribution in [3.05, 3.63) is 11.9 Å². The maximum absolute atomic E-state index is 9.82. The van der Waals surface area contributed by atoms with Gasteiger partial charge in [0.25, 0.3) is 0 Å². The van der Waals surface area contributed by atoms with Gasteiger partial charge in [-0.05, 0) is 17.1 Å². The van der Waals surface area contributed by atoms with Gasteiger partial charge in [0.15, 0.2) is 5.82 Å². The Morgan fingerprint density at radius 1 is 1.80 bits per heavy atom. The van der Waals surface area contributed by atoms with E-state index in [1.807, 2.05) is 6.92 Å². The zero-order chi connectivity index (χ0) is 8.41. The standard InChI is InChI=1S/C4H7O2P.CHNO/c1-2-3-4-7(5)6;2-1-3/h3-4H,2H2,1H3;2H/p+1. The molecule has 0 bridgehead atoms. The molecule has 0 heterocycles. The molecule has 0 amide bonds. The first kappa shape index (κ1) is 11.9. The summed E-state index contributed by atoms with van der Waals surface area (Å²) in [6.45, 7) is 1.91. The molecule has 0 fully saturated rings. The lowest BCUT2D eigenvalue weighted by Crippen LogP contribution is -1.48. The molecule has 0 spiro atoms. The lowest BCUT2D eigenvalue weighted by Gasteiger charge is -1.62. The van der Waals surface area contributed by atoms with Crippen LogP contribution in [-0.2, 0) is 9.36 Å². The van der Waals surface area contributed by atoms with E-state index in [0.717, 1.165) is 12.5 Å². The quantitative estimate of drug-likeness (QED) is 0.367. The molecule has 2 N–H and O–H groups in total. The first-order valence-electron chi connectivity index (χ1n) is 2.54. The molecule has 1 atom stereocenters. The average Bonchev–Trinajstić information content (AvgIpc) is 1.85. The van der Waals surface area contributed by atoms with Crippen LogP contribution in [0.1, 0.15) is 13.3 Å². The molecule has 56 valence electrons.